The average molecular weight is 346 g/mol. The third-order valence-corrected chi connectivity index (χ3v) is 3.80. The van der Waals surface area contributed by atoms with E-state index in [1.807, 2.05) is 25.1 Å². The highest BCUT2D eigenvalue weighted by Crippen LogP contribution is 2.33. The highest BCUT2D eigenvalue weighted by molar-refractivity contribution is 5.93. The summed E-state index contributed by atoms with van der Waals surface area (Å²) in [5.41, 5.74) is 2.46. The molecule has 0 aliphatic rings. The lowest BCUT2D eigenvalue weighted by atomic mass is 10.1. The van der Waals surface area contributed by atoms with Crippen LogP contribution in [-0.4, -0.2) is 11.9 Å². The van der Waals surface area contributed by atoms with Crippen molar-refractivity contribution in [3.63, 3.8) is 0 Å². The van der Waals surface area contributed by atoms with Crippen LogP contribution in [0.1, 0.15) is 31.8 Å². The first kappa shape index (κ1) is 17.4. The number of hydrogen-bond acceptors (Lipinski definition) is 4. The van der Waals surface area contributed by atoms with Gasteiger partial charge in [0, 0.05) is 0 Å². The summed E-state index contributed by atoms with van der Waals surface area (Å²) in [4.78, 5) is 24.8. The van der Waals surface area contributed by atoms with Crippen molar-refractivity contribution in [2.45, 2.75) is 13.8 Å². The third kappa shape index (κ3) is 3.98. The van der Waals surface area contributed by atoms with E-state index >= 15 is 0 Å². The van der Waals surface area contributed by atoms with Gasteiger partial charge in [-0.1, -0.05) is 42.5 Å². The molecule has 0 aliphatic carbocycles. The molecule has 0 spiro atoms. The van der Waals surface area contributed by atoms with Gasteiger partial charge in [0.15, 0.2) is 11.5 Å². The molecule has 0 saturated heterocycles. The molecule has 0 radical (unpaired) electrons. The maximum atomic E-state index is 12.4. The standard InChI is InChI=1S/C22H18O4/c1-15-13-16(2)20(26-22(24)18-11-7-4-8-12-18)19(14-15)25-21(23)17-9-5-3-6-10-17/h3-14H,1-2H3. The Balaban J connectivity index is 1.90. The summed E-state index contributed by atoms with van der Waals surface area (Å²) in [7, 11) is 0. The number of aryl methyl sites for hydroxylation is 2. The molecule has 0 N–H and O–H groups in total. The monoisotopic (exact) mass is 346 g/mol. The summed E-state index contributed by atoms with van der Waals surface area (Å²) in [6.45, 7) is 3.69. The zero-order chi connectivity index (χ0) is 18.5. The third-order valence-electron chi connectivity index (χ3n) is 3.80. The summed E-state index contributed by atoms with van der Waals surface area (Å²) < 4.78 is 11.1. The van der Waals surface area contributed by atoms with Crippen molar-refractivity contribution >= 4 is 11.9 Å². The van der Waals surface area contributed by atoms with Gasteiger partial charge in [0.2, 0.25) is 0 Å². The van der Waals surface area contributed by atoms with Crippen molar-refractivity contribution in [2.24, 2.45) is 0 Å². The first-order valence-electron chi connectivity index (χ1n) is 8.20. The van der Waals surface area contributed by atoms with Crippen molar-refractivity contribution in [2.75, 3.05) is 0 Å². The maximum Gasteiger partial charge on any atom is 0.343 e. The second-order valence-corrected chi connectivity index (χ2v) is 5.92. The number of benzene rings is 3. The Labute approximate surface area is 152 Å². The van der Waals surface area contributed by atoms with Crippen LogP contribution in [0.2, 0.25) is 0 Å². The van der Waals surface area contributed by atoms with Crippen molar-refractivity contribution in [3.8, 4) is 11.5 Å². The molecule has 0 saturated carbocycles. The topological polar surface area (TPSA) is 52.6 Å². The summed E-state index contributed by atoms with van der Waals surface area (Å²) in [5.74, 6) is -0.545. The fourth-order valence-electron chi connectivity index (χ4n) is 2.58. The lowest BCUT2D eigenvalue weighted by Crippen LogP contribution is -2.13. The van der Waals surface area contributed by atoms with E-state index in [1.165, 1.54) is 0 Å². The molecule has 0 heterocycles. The van der Waals surface area contributed by atoms with Crippen LogP contribution >= 0.6 is 0 Å². The van der Waals surface area contributed by atoms with Crippen LogP contribution in [0.15, 0.2) is 72.8 Å². The van der Waals surface area contributed by atoms with Crippen LogP contribution in [0.5, 0.6) is 11.5 Å². The Morgan fingerprint density at radius 1 is 0.692 bits per heavy atom. The molecule has 3 rings (SSSR count). The van der Waals surface area contributed by atoms with Crippen LogP contribution in [0.3, 0.4) is 0 Å². The zero-order valence-electron chi connectivity index (χ0n) is 14.6. The molecule has 0 bridgehead atoms. The minimum atomic E-state index is -0.507. The smallest absolute Gasteiger partial charge is 0.343 e. The van der Waals surface area contributed by atoms with Crippen LogP contribution in [-0.2, 0) is 0 Å². The minimum absolute atomic E-state index is 0.223. The second-order valence-electron chi connectivity index (χ2n) is 5.92. The Morgan fingerprint density at radius 2 is 1.19 bits per heavy atom. The summed E-state index contributed by atoms with van der Waals surface area (Å²) >= 11 is 0. The van der Waals surface area contributed by atoms with Gasteiger partial charge in [-0.3, -0.25) is 0 Å². The van der Waals surface area contributed by atoms with E-state index in [0.717, 1.165) is 5.56 Å². The first-order valence-corrected chi connectivity index (χ1v) is 8.20. The van der Waals surface area contributed by atoms with Gasteiger partial charge >= 0.3 is 11.9 Å². The number of hydrogen-bond donors (Lipinski definition) is 0. The van der Waals surface area contributed by atoms with Crippen molar-refractivity contribution in [1.82, 2.24) is 0 Å². The van der Waals surface area contributed by atoms with Crippen molar-refractivity contribution < 1.29 is 19.1 Å². The van der Waals surface area contributed by atoms with Crippen LogP contribution < -0.4 is 9.47 Å². The van der Waals surface area contributed by atoms with Gasteiger partial charge < -0.3 is 9.47 Å². The van der Waals surface area contributed by atoms with Gasteiger partial charge in [-0.15, -0.1) is 0 Å². The molecule has 0 aromatic heterocycles. The first-order chi connectivity index (χ1) is 12.5. The number of carbonyl (C=O) groups excluding carboxylic acids is 2. The van der Waals surface area contributed by atoms with Gasteiger partial charge in [0.25, 0.3) is 0 Å². The van der Waals surface area contributed by atoms with Crippen molar-refractivity contribution in [3.05, 3.63) is 95.1 Å². The zero-order valence-corrected chi connectivity index (χ0v) is 14.6. The highest BCUT2D eigenvalue weighted by atomic mass is 16.6. The van der Waals surface area contributed by atoms with E-state index in [1.54, 1.807) is 61.5 Å². The van der Waals surface area contributed by atoms with E-state index < -0.39 is 11.9 Å². The molecule has 130 valence electrons. The van der Waals surface area contributed by atoms with Gasteiger partial charge in [0.05, 0.1) is 11.1 Å². The number of ether oxygens (including phenoxy) is 2. The number of carbonyl (C=O) groups is 2. The van der Waals surface area contributed by atoms with Crippen LogP contribution in [0, 0.1) is 13.8 Å². The fourth-order valence-corrected chi connectivity index (χ4v) is 2.58. The molecular formula is C22H18O4. The van der Waals surface area contributed by atoms with Crippen molar-refractivity contribution in [1.29, 1.82) is 0 Å². The SMILES string of the molecule is Cc1cc(C)c(OC(=O)c2ccccc2)c(OC(=O)c2ccccc2)c1. The van der Waals surface area contributed by atoms with E-state index in [2.05, 4.69) is 0 Å². The number of rotatable bonds is 4. The second kappa shape index (κ2) is 7.66. The fraction of sp³-hybridized carbons (Fsp3) is 0.0909. The molecule has 0 unspecified atom stereocenters. The summed E-state index contributed by atoms with van der Waals surface area (Å²) in [6.07, 6.45) is 0. The lowest BCUT2D eigenvalue weighted by molar-refractivity contribution is 0.0681. The molecule has 0 fully saturated rings. The largest absolute Gasteiger partial charge is 0.419 e. The molecule has 3 aromatic rings. The van der Waals surface area contributed by atoms with Gasteiger partial charge in [0.1, 0.15) is 0 Å². The Hall–Kier alpha value is -3.40. The van der Waals surface area contributed by atoms with Crippen LogP contribution in [0.25, 0.3) is 0 Å². The molecule has 4 nitrogen and oxygen atoms in total. The Kier molecular flexibility index (Phi) is 5.13. The highest BCUT2D eigenvalue weighted by Gasteiger charge is 2.18. The average Bonchev–Trinajstić information content (AvgIpc) is 2.65. The quantitative estimate of drug-likeness (QED) is 0.506. The summed E-state index contributed by atoms with van der Waals surface area (Å²) in [6, 6.07) is 20.9. The van der Waals surface area contributed by atoms with E-state index in [9.17, 15) is 9.59 Å². The number of esters is 2. The van der Waals surface area contributed by atoms with Gasteiger partial charge in [-0.25, -0.2) is 9.59 Å². The molecule has 0 aliphatic heterocycles. The maximum absolute atomic E-state index is 12.4. The molecule has 0 amide bonds. The summed E-state index contributed by atoms with van der Waals surface area (Å²) in [5, 5.41) is 0. The van der Waals surface area contributed by atoms with E-state index in [4.69, 9.17) is 9.47 Å². The molecule has 4 heteroatoms. The predicted octanol–water partition coefficient (Wildman–Crippen LogP) is 4.74. The van der Waals surface area contributed by atoms with Crippen LogP contribution in [0.4, 0.5) is 0 Å². The Bertz CT molecular complexity index is 931. The van der Waals surface area contributed by atoms with E-state index in [-0.39, 0.29) is 11.5 Å². The molecular weight excluding hydrogens is 328 g/mol. The molecule has 26 heavy (non-hydrogen) atoms. The molecule has 0 atom stereocenters. The van der Waals surface area contributed by atoms with Gasteiger partial charge in [-0.2, -0.15) is 0 Å². The Morgan fingerprint density at radius 3 is 1.73 bits per heavy atom. The minimum Gasteiger partial charge on any atom is -0.419 e. The molecule has 3 aromatic carbocycles. The lowest BCUT2D eigenvalue weighted by Gasteiger charge is -2.14. The normalized spacial score (nSPS) is 10.2. The predicted molar refractivity (Wildman–Crippen MR) is 98.7 cm³/mol. The van der Waals surface area contributed by atoms with E-state index in [0.29, 0.717) is 16.7 Å². The van der Waals surface area contributed by atoms with Gasteiger partial charge in [-0.05, 0) is 55.3 Å².